The van der Waals surface area contributed by atoms with Gasteiger partial charge in [0.1, 0.15) is 5.75 Å². The quantitative estimate of drug-likeness (QED) is 0.688. The summed E-state index contributed by atoms with van der Waals surface area (Å²) in [7, 11) is -0.0649. The highest BCUT2D eigenvalue weighted by Crippen LogP contribution is 2.35. The van der Waals surface area contributed by atoms with Crippen molar-refractivity contribution in [2.24, 2.45) is 11.0 Å². The number of rotatable bonds is 0. The third-order valence-corrected chi connectivity index (χ3v) is 4.33. The second-order valence-electron chi connectivity index (χ2n) is 5.38. The Balaban J connectivity index is 1.75. The van der Waals surface area contributed by atoms with Gasteiger partial charge in [-0.1, -0.05) is 12.5 Å². The lowest BCUT2D eigenvalue weighted by Gasteiger charge is -2.41. The lowest BCUT2D eigenvalue weighted by atomic mass is 9.66. The van der Waals surface area contributed by atoms with E-state index in [-0.39, 0.29) is 12.8 Å². The number of benzene rings is 1. The molecule has 4 rings (SSSR count). The van der Waals surface area contributed by atoms with Gasteiger partial charge in [-0.2, -0.15) is 5.10 Å². The third-order valence-electron chi connectivity index (χ3n) is 4.33. The molecule has 0 amide bonds. The highest BCUT2D eigenvalue weighted by molar-refractivity contribution is 6.66. The molecule has 2 fully saturated rings. The van der Waals surface area contributed by atoms with Crippen molar-refractivity contribution < 1.29 is 9.76 Å². The second kappa shape index (κ2) is 3.75. The van der Waals surface area contributed by atoms with E-state index in [0.717, 1.165) is 17.6 Å². The van der Waals surface area contributed by atoms with E-state index in [1.54, 1.807) is 12.1 Å². The summed E-state index contributed by atoms with van der Waals surface area (Å²) in [4.78, 5) is 2.13. The molecule has 0 bridgehead atoms. The number of hydrogen-bond donors (Lipinski definition) is 1. The van der Waals surface area contributed by atoms with Crippen molar-refractivity contribution in [1.82, 2.24) is 4.92 Å². The Morgan fingerprint density at radius 3 is 3.28 bits per heavy atom. The first kappa shape index (κ1) is 10.4. The maximum Gasteiger partial charge on any atom is 0.469 e. The van der Waals surface area contributed by atoms with Gasteiger partial charge >= 0.3 is 7.05 Å². The van der Waals surface area contributed by atoms with Crippen molar-refractivity contribution >= 4 is 18.7 Å². The average Bonchev–Trinajstić information content (AvgIpc) is 2.86. The van der Waals surface area contributed by atoms with Crippen molar-refractivity contribution in [3.05, 3.63) is 23.8 Å². The molecular formula is C13H15BN2O2. The molecule has 1 saturated heterocycles. The number of phenols is 1. The smallest absolute Gasteiger partial charge is 0.469 e. The van der Waals surface area contributed by atoms with Gasteiger partial charge in [-0.15, -0.1) is 0 Å². The Kier molecular flexibility index (Phi) is 2.18. The van der Waals surface area contributed by atoms with Crippen LogP contribution in [0.3, 0.4) is 0 Å². The molecule has 0 radical (unpaired) electrons. The zero-order valence-corrected chi connectivity index (χ0v) is 10.1. The number of phenolic OH excluding ortho intramolecular Hbond substituents is 1. The van der Waals surface area contributed by atoms with E-state index in [1.807, 2.05) is 12.3 Å². The van der Waals surface area contributed by atoms with Gasteiger partial charge in [0.05, 0.1) is 6.21 Å². The zero-order valence-electron chi connectivity index (χ0n) is 10.1. The summed E-state index contributed by atoms with van der Waals surface area (Å²) >= 11 is 0. The molecule has 1 N–H and O–H groups in total. The normalized spacial score (nSPS) is 28.9. The number of fused-ring (bicyclic) bond motifs is 5. The van der Waals surface area contributed by atoms with Gasteiger partial charge in [-0.3, -0.25) is 0 Å². The fraction of sp³-hybridized carbons (Fsp3) is 0.462. The molecule has 2 atom stereocenters. The molecule has 2 heterocycles. The fourth-order valence-corrected chi connectivity index (χ4v) is 3.43. The molecule has 0 spiro atoms. The minimum atomic E-state index is -0.0649. The zero-order chi connectivity index (χ0) is 12.1. The van der Waals surface area contributed by atoms with Crippen LogP contribution in [0.25, 0.3) is 0 Å². The minimum absolute atomic E-state index is 0.0649. The van der Waals surface area contributed by atoms with Crippen LogP contribution in [0.2, 0.25) is 0 Å². The summed E-state index contributed by atoms with van der Waals surface area (Å²) in [5, 5.41) is 14.1. The average molecular weight is 242 g/mol. The van der Waals surface area contributed by atoms with Crippen LogP contribution in [-0.4, -0.2) is 35.9 Å². The van der Waals surface area contributed by atoms with Gasteiger partial charge in [-0.05, 0) is 36.0 Å². The van der Waals surface area contributed by atoms with Gasteiger partial charge in [0, 0.05) is 18.6 Å². The maximum absolute atomic E-state index is 9.52. The van der Waals surface area contributed by atoms with E-state index in [4.69, 9.17) is 4.65 Å². The first-order valence-corrected chi connectivity index (χ1v) is 6.60. The van der Waals surface area contributed by atoms with Crippen LogP contribution in [0, 0.1) is 5.92 Å². The largest absolute Gasteiger partial charge is 0.508 e. The molecule has 1 aliphatic carbocycles. The number of nitrogens with zero attached hydrogens (tertiary/aromatic N) is 2. The Hall–Kier alpha value is -1.49. The van der Waals surface area contributed by atoms with Gasteiger partial charge in [-0.25, -0.2) is 0 Å². The molecule has 1 aromatic rings. The highest BCUT2D eigenvalue weighted by atomic mass is 16.5. The highest BCUT2D eigenvalue weighted by Gasteiger charge is 2.45. The topological polar surface area (TPSA) is 45.1 Å². The molecule has 1 aromatic carbocycles. The first-order chi connectivity index (χ1) is 8.83. The molecule has 2 aliphatic heterocycles. The number of hydrogen-bond acceptors (Lipinski definition) is 4. The van der Waals surface area contributed by atoms with Crippen LogP contribution in [0.1, 0.15) is 24.8 Å². The molecule has 3 aliphatic rings. The standard InChI is InChI=1S/C13H15BN2O2/c17-11-4-5-12-10(6-11)7-15-16-13-3-1-2-9(13)8-18-14(12)16/h4-7,9,13,17H,1-3,8H2. The molecule has 2 unspecified atom stereocenters. The monoisotopic (exact) mass is 242 g/mol. The van der Waals surface area contributed by atoms with E-state index in [0.29, 0.717) is 12.0 Å². The molecule has 18 heavy (non-hydrogen) atoms. The van der Waals surface area contributed by atoms with Crippen molar-refractivity contribution in [1.29, 1.82) is 0 Å². The predicted octanol–water partition coefficient (Wildman–Crippen LogP) is 0.936. The maximum atomic E-state index is 9.52. The summed E-state index contributed by atoms with van der Waals surface area (Å²) in [6.45, 7) is 0.835. The van der Waals surface area contributed by atoms with E-state index in [1.165, 1.54) is 19.3 Å². The predicted molar refractivity (Wildman–Crippen MR) is 70.0 cm³/mol. The van der Waals surface area contributed by atoms with Crippen LogP contribution in [0.15, 0.2) is 23.3 Å². The summed E-state index contributed by atoms with van der Waals surface area (Å²) in [6, 6.07) is 5.95. The Morgan fingerprint density at radius 1 is 1.39 bits per heavy atom. The molecule has 4 nitrogen and oxygen atoms in total. The van der Waals surface area contributed by atoms with Crippen molar-refractivity contribution in [3.8, 4) is 5.75 Å². The molecular weight excluding hydrogens is 227 g/mol. The van der Waals surface area contributed by atoms with E-state index >= 15 is 0 Å². The number of hydrazone groups is 1. The van der Waals surface area contributed by atoms with Crippen molar-refractivity contribution in [2.75, 3.05) is 6.61 Å². The van der Waals surface area contributed by atoms with Crippen LogP contribution in [0.4, 0.5) is 0 Å². The van der Waals surface area contributed by atoms with Gasteiger partial charge < -0.3 is 14.7 Å². The lowest BCUT2D eigenvalue weighted by molar-refractivity contribution is 0.112. The van der Waals surface area contributed by atoms with Crippen LogP contribution >= 0.6 is 0 Å². The Labute approximate surface area is 106 Å². The van der Waals surface area contributed by atoms with Gasteiger partial charge in [0.2, 0.25) is 0 Å². The van der Waals surface area contributed by atoms with E-state index < -0.39 is 0 Å². The molecule has 5 heteroatoms. The number of aromatic hydroxyl groups is 1. The summed E-state index contributed by atoms with van der Waals surface area (Å²) < 4.78 is 5.99. The minimum Gasteiger partial charge on any atom is -0.508 e. The van der Waals surface area contributed by atoms with E-state index in [9.17, 15) is 5.11 Å². The van der Waals surface area contributed by atoms with E-state index in [2.05, 4.69) is 10.0 Å². The Morgan fingerprint density at radius 2 is 2.33 bits per heavy atom. The summed E-state index contributed by atoms with van der Waals surface area (Å²) in [5.74, 6) is 0.917. The second-order valence-corrected chi connectivity index (χ2v) is 5.38. The van der Waals surface area contributed by atoms with Crippen molar-refractivity contribution in [2.45, 2.75) is 25.3 Å². The van der Waals surface area contributed by atoms with Crippen LogP contribution in [0.5, 0.6) is 5.75 Å². The molecule has 1 saturated carbocycles. The molecule has 92 valence electrons. The fourth-order valence-electron chi connectivity index (χ4n) is 3.43. The summed E-state index contributed by atoms with van der Waals surface area (Å²) in [6.07, 6.45) is 5.59. The van der Waals surface area contributed by atoms with Crippen molar-refractivity contribution in [3.63, 3.8) is 0 Å². The SMILES string of the molecule is Oc1ccc2c(c1)C=NN1B2OCC2CCCC21. The lowest BCUT2D eigenvalue weighted by Crippen LogP contribution is -2.60. The third kappa shape index (κ3) is 1.40. The van der Waals surface area contributed by atoms with Crippen LogP contribution in [-0.2, 0) is 4.65 Å². The first-order valence-electron chi connectivity index (χ1n) is 6.60. The molecule has 0 aromatic heterocycles. The van der Waals surface area contributed by atoms with Gasteiger partial charge in [0.25, 0.3) is 0 Å². The van der Waals surface area contributed by atoms with Gasteiger partial charge in [0.15, 0.2) is 0 Å². The summed E-state index contributed by atoms with van der Waals surface area (Å²) in [5.41, 5.74) is 2.08. The van der Waals surface area contributed by atoms with Crippen LogP contribution < -0.4 is 5.46 Å². The Bertz CT molecular complexity index is 520.